The molecule has 3 aromatic rings. The van der Waals surface area contributed by atoms with E-state index in [2.05, 4.69) is 20.5 Å². The van der Waals surface area contributed by atoms with Crippen LogP contribution in [0.4, 0.5) is 10.5 Å². The summed E-state index contributed by atoms with van der Waals surface area (Å²) in [5.74, 6) is 0.285. The number of nitrogens with one attached hydrogen (secondary N) is 2. The smallest absolute Gasteiger partial charge is 0.290 e. The zero-order valence-electron chi connectivity index (χ0n) is 17.3. The minimum absolute atomic E-state index is 0.360. The Balaban J connectivity index is 1.57. The highest BCUT2D eigenvalue weighted by Crippen LogP contribution is 2.34. The van der Waals surface area contributed by atoms with Gasteiger partial charge in [-0.25, -0.2) is 9.97 Å². The average molecular weight is 466 g/mol. The number of hydrogen-bond donors (Lipinski definition) is 2. The van der Waals surface area contributed by atoms with E-state index in [-0.39, 0.29) is 11.1 Å². The Bertz CT molecular complexity index is 1290. The van der Waals surface area contributed by atoms with E-state index in [1.807, 2.05) is 43.3 Å². The van der Waals surface area contributed by atoms with Gasteiger partial charge in [-0.1, -0.05) is 23.7 Å². The number of thioether (sulfide) groups is 1. The number of hydrogen-bond acceptors (Lipinski definition) is 7. The molecule has 1 aromatic heterocycles. The van der Waals surface area contributed by atoms with Crippen molar-refractivity contribution in [2.45, 2.75) is 6.92 Å². The van der Waals surface area contributed by atoms with Crippen molar-refractivity contribution >= 4 is 57.2 Å². The Hall–Kier alpha value is -2.94. The van der Waals surface area contributed by atoms with Crippen LogP contribution in [0.2, 0.25) is 5.02 Å². The van der Waals surface area contributed by atoms with E-state index < -0.39 is 0 Å². The van der Waals surface area contributed by atoms with Gasteiger partial charge < -0.3 is 10.2 Å². The Kier molecular flexibility index (Phi) is 5.58. The molecule has 2 amide bonds. The van der Waals surface area contributed by atoms with E-state index >= 15 is 0 Å². The van der Waals surface area contributed by atoms with Crippen molar-refractivity contribution in [3.05, 3.63) is 57.7 Å². The minimum Gasteiger partial charge on any atom is -0.368 e. The maximum absolute atomic E-state index is 11.9. The van der Waals surface area contributed by atoms with Crippen molar-refractivity contribution in [3.8, 4) is 11.3 Å². The molecule has 0 bridgehead atoms. The van der Waals surface area contributed by atoms with Crippen LogP contribution >= 0.6 is 23.4 Å². The lowest BCUT2D eigenvalue weighted by Crippen LogP contribution is -2.43. The van der Waals surface area contributed by atoms with Crippen molar-refractivity contribution < 1.29 is 9.59 Å². The van der Waals surface area contributed by atoms with E-state index in [1.54, 1.807) is 6.08 Å². The lowest BCUT2D eigenvalue weighted by Gasteiger charge is -2.30. The summed E-state index contributed by atoms with van der Waals surface area (Å²) >= 11 is 7.58. The van der Waals surface area contributed by atoms with Crippen molar-refractivity contribution in [3.63, 3.8) is 0 Å². The molecule has 0 radical (unpaired) electrons. The first-order valence-electron chi connectivity index (χ1n) is 10.3. The Morgan fingerprint density at radius 3 is 2.62 bits per heavy atom. The molecule has 0 spiro atoms. The SMILES string of the molecule is Cc1nc(-c2ccc(N3CCNCC3)c(Cl)c2)c2cc(/C=C3\SC(=O)NC3=O)ccc2n1. The van der Waals surface area contributed by atoms with Gasteiger partial charge in [-0.2, -0.15) is 0 Å². The standard InChI is InChI=1S/C23H20ClN5O2S/c1-13-26-18-4-2-14(11-20-22(30)28-23(31)32-20)10-16(18)21(27-13)15-3-5-19(17(24)12-15)29-8-6-25-7-9-29/h2-5,10-12,25H,6-9H2,1H3,(H,28,30,31)/b20-11-. The zero-order chi connectivity index (χ0) is 22.2. The van der Waals surface area contributed by atoms with Gasteiger partial charge >= 0.3 is 0 Å². The van der Waals surface area contributed by atoms with Crippen LogP contribution in [0.25, 0.3) is 28.2 Å². The molecule has 2 aliphatic heterocycles. The number of aromatic nitrogens is 2. The molecule has 162 valence electrons. The van der Waals surface area contributed by atoms with Crippen molar-refractivity contribution in [2.75, 3.05) is 31.1 Å². The molecular formula is C23H20ClN5O2S. The summed E-state index contributed by atoms with van der Waals surface area (Å²) in [5.41, 5.74) is 4.29. The summed E-state index contributed by atoms with van der Waals surface area (Å²) in [5, 5.41) is 6.81. The van der Waals surface area contributed by atoms with E-state index in [0.717, 1.165) is 71.4 Å². The third kappa shape index (κ3) is 4.09. The first-order valence-corrected chi connectivity index (χ1v) is 11.5. The number of imide groups is 1. The molecule has 0 atom stereocenters. The summed E-state index contributed by atoms with van der Waals surface area (Å²) in [6.07, 6.45) is 1.70. The van der Waals surface area contributed by atoms with Crippen LogP contribution in [0, 0.1) is 6.92 Å². The van der Waals surface area contributed by atoms with Gasteiger partial charge in [0.25, 0.3) is 11.1 Å². The fraction of sp³-hybridized carbons (Fsp3) is 0.217. The predicted molar refractivity (Wildman–Crippen MR) is 129 cm³/mol. The fourth-order valence-electron chi connectivity index (χ4n) is 3.96. The summed E-state index contributed by atoms with van der Waals surface area (Å²) in [6, 6.07) is 11.7. The molecule has 5 rings (SSSR count). The molecular weight excluding hydrogens is 446 g/mol. The van der Waals surface area contributed by atoms with Crippen LogP contribution in [0.5, 0.6) is 0 Å². The van der Waals surface area contributed by atoms with E-state index in [4.69, 9.17) is 16.6 Å². The van der Waals surface area contributed by atoms with E-state index in [0.29, 0.717) is 15.8 Å². The van der Waals surface area contributed by atoms with Crippen LogP contribution in [-0.4, -0.2) is 47.3 Å². The second kappa shape index (κ2) is 8.54. The lowest BCUT2D eigenvalue weighted by atomic mass is 10.0. The van der Waals surface area contributed by atoms with E-state index in [1.165, 1.54) is 0 Å². The average Bonchev–Trinajstić information content (AvgIpc) is 3.10. The maximum Gasteiger partial charge on any atom is 0.290 e. The third-order valence-electron chi connectivity index (χ3n) is 5.45. The predicted octanol–water partition coefficient (Wildman–Crippen LogP) is 3.99. The third-order valence-corrected chi connectivity index (χ3v) is 6.56. The largest absolute Gasteiger partial charge is 0.368 e. The highest BCUT2D eigenvalue weighted by molar-refractivity contribution is 8.18. The highest BCUT2D eigenvalue weighted by atomic mass is 35.5. The second-order valence-electron chi connectivity index (χ2n) is 7.65. The number of aryl methyl sites for hydroxylation is 1. The molecule has 2 aromatic carbocycles. The summed E-state index contributed by atoms with van der Waals surface area (Å²) < 4.78 is 0. The van der Waals surface area contributed by atoms with Gasteiger partial charge in [-0.15, -0.1) is 0 Å². The van der Waals surface area contributed by atoms with Gasteiger partial charge in [-0.3, -0.25) is 14.9 Å². The molecule has 32 heavy (non-hydrogen) atoms. The number of nitrogens with zero attached hydrogens (tertiary/aromatic N) is 3. The van der Waals surface area contributed by atoms with Gasteiger partial charge in [0.2, 0.25) is 0 Å². The number of rotatable bonds is 3. The zero-order valence-corrected chi connectivity index (χ0v) is 18.9. The number of benzene rings is 2. The number of carbonyl (C=O) groups excluding carboxylic acids is 2. The van der Waals surface area contributed by atoms with Gasteiger partial charge in [0.1, 0.15) is 5.82 Å². The Labute approximate surface area is 194 Å². The molecule has 7 nitrogen and oxygen atoms in total. The second-order valence-corrected chi connectivity index (χ2v) is 9.07. The molecule has 0 aliphatic carbocycles. The normalized spacial score (nSPS) is 17.9. The number of anilines is 1. The van der Waals surface area contributed by atoms with Crippen LogP contribution in [-0.2, 0) is 4.79 Å². The molecule has 9 heteroatoms. The minimum atomic E-state index is -0.379. The number of carbonyl (C=O) groups is 2. The van der Waals surface area contributed by atoms with E-state index in [9.17, 15) is 9.59 Å². The summed E-state index contributed by atoms with van der Waals surface area (Å²) in [7, 11) is 0. The van der Waals surface area contributed by atoms with Crippen molar-refractivity contribution in [2.24, 2.45) is 0 Å². The Morgan fingerprint density at radius 2 is 1.91 bits per heavy atom. The molecule has 0 unspecified atom stereocenters. The first kappa shape index (κ1) is 20.9. The number of fused-ring (bicyclic) bond motifs is 1. The summed E-state index contributed by atoms with van der Waals surface area (Å²) in [6.45, 7) is 5.57. The Morgan fingerprint density at radius 1 is 1.09 bits per heavy atom. The monoisotopic (exact) mass is 465 g/mol. The lowest BCUT2D eigenvalue weighted by molar-refractivity contribution is -0.115. The first-order chi connectivity index (χ1) is 15.5. The van der Waals surface area contributed by atoms with Gasteiger partial charge in [0.05, 0.1) is 26.8 Å². The molecule has 2 N–H and O–H groups in total. The topological polar surface area (TPSA) is 87.2 Å². The fourth-order valence-corrected chi connectivity index (χ4v) is 4.94. The van der Waals surface area contributed by atoms with Gasteiger partial charge in [0, 0.05) is 37.1 Å². The van der Waals surface area contributed by atoms with Crippen LogP contribution in [0.15, 0.2) is 41.3 Å². The maximum atomic E-state index is 11.9. The summed E-state index contributed by atoms with van der Waals surface area (Å²) in [4.78, 5) is 35.3. The highest BCUT2D eigenvalue weighted by Gasteiger charge is 2.25. The molecule has 2 saturated heterocycles. The van der Waals surface area contributed by atoms with Gasteiger partial charge in [-0.05, 0) is 54.6 Å². The quantitative estimate of drug-likeness (QED) is 0.565. The van der Waals surface area contributed by atoms with Crippen LogP contribution < -0.4 is 15.5 Å². The molecule has 0 saturated carbocycles. The van der Waals surface area contributed by atoms with Gasteiger partial charge in [0.15, 0.2) is 0 Å². The van der Waals surface area contributed by atoms with Crippen LogP contribution in [0.1, 0.15) is 11.4 Å². The number of piperazine rings is 1. The molecule has 2 aliphatic rings. The molecule has 3 heterocycles. The van der Waals surface area contributed by atoms with Crippen LogP contribution in [0.3, 0.4) is 0 Å². The number of halogens is 1. The molecule has 2 fully saturated rings. The van der Waals surface area contributed by atoms with Crippen molar-refractivity contribution in [1.82, 2.24) is 20.6 Å². The van der Waals surface area contributed by atoms with Crippen molar-refractivity contribution in [1.29, 1.82) is 0 Å². The number of amides is 2.